The Hall–Kier alpha value is -2.62. The first-order valence-corrected chi connectivity index (χ1v) is 8.97. The number of fused-ring (bicyclic) bond motifs is 1. The maximum absolute atomic E-state index is 13.0. The highest BCUT2D eigenvalue weighted by molar-refractivity contribution is 7.92. The van der Waals surface area contributed by atoms with Gasteiger partial charge >= 0.3 is 6.18 Å². The second-order valence-corrected chi connectivity index (χ2v) is 7.57. The quantitative estimate of drug-likeness (QED) is 0.751. The molecule has 0 spiro atoms. The van der Waals surface area contributed by atoms with Crippen LogP contribution in [0.15, 0.2) is 35.4 Å². The van der Waals surface area contributed by atoms with Crippen molar-refractivity contribution in [2.75, 3.05) is 4.72 Å². The molecule has 0 bridgehead atoms. The Morgan fingerprint density at radius 1 is 1.15 bits per heavy atom. The van der Waals surface area contributed by atoms with Gasteiger partial charge in [-0.2, -0.15) is 18.3 Å². The molecule has 2 heterocycles. The molecule has 26 heavy (non-hydrogen) atoms. The smallest absolute Gasteiger partial charge is 0.280 e. The zero-order valence-electron chi connectivity index (χ0n) is 14.1. The van der Waals surface area contributed by atoms with Gasteiger partial charge < -0.3 is 0 Å². The standard InChI is InChI=1S/C16H15F3N4O2S/c1-9-4-5-11(6-14(9)16(17,18)19)22-26(24,25)12-7-13-10(2)21-23(3)15(13)20-8-12/h4-8,22H,1-3H3. The van der Waals surface area contributed by atoms with Gasteiger partial charge in [0.15, 0.2) is 5.65 Å². The summed E-state index contributed by atoms with van der Waals surface area (Å²) in [5.74, 6) is 0. The molecule has 0 amide bonds. The highest BCUT2D eigenvalue weighted by Gasteiger charge is 2.32. The molecule has 2 aromatic heterocycles. The number of nitrogens with one attached hydrogen (secondary N) is 1. The summed E-state index contributed by atoms with van der Waals surface area (Å²) in [7, 11) is -2.42. The van der Waals surface area contributed by atoms with Gasteiger partial charge in [-0.05, 0) is 37.6 Å². The van der Waals surface area contributed by atoms with Crippen molar-refractivity contribution in [1.82, 2.24) is 14.8 Å². The summed E-state index contributed by atoms with van der Waals surface area (Å²) in [5.41, 5.74) is 0.0488. The number of anilines is 1. The number of nitrogens with zero attached hydrogens (tertiary/aromatic N) is 3. The molecule has 0 fully saturated rings. The molecule has 0 radical (unpaired) electrons. The summed E-state index contributed by atoms with van der Waals surface area (Å²) < 4.78 is 67.8. The van der Waals surface area contributed by atoms with Gasteiger partial charge in [-0.1, -0.05) is 6.07 Å². The minimum absolute atomic E-state index is 0.00881. The van der Waals surface area contributed by atoms with Crippen LogP contribution in [0.2, 0.25) is 0 Å². The summed E-state index contributed by atoms with van der Waals surface area (Å²) in [5, 5.41) is 4.71. The minimum atomic E-state index is -4.57. The van der Waals surface area contributed by atoms with Crippen LogP contribution in [0.25, 0.3) is 11.0 Å². The molecular weight excluding hydrogens is 369 g/mol. The highest BCUT2D eigenvalue weighted by Crippen LogP contribution is 2.34. The first kappa shape index (κ1) is 18.2. The third kappa shape index (κ3) is 3.24. The molecule has 0 saturated carbocycles. The Labute approximate surface area is 147 Å². The predicted molar refractivity (Wildman–Crippen MR) is 90.2 cm³/mol. The van der Waals surface area contributed by atoms with Crippen LogP contribution in [0.1, 0.15) is 16.8 Å². The number of benzene rings is 1. The van der Waals surface area contributed by atoms with E-state index in [4.69, 9.17) is 0 Å². The fourth-order valence-electron chi connectivity index (χ4n) is 2.64. The van der Waals surface area contributed by atoms with Crippen LogP contribution in [-0.4, -0.2) is 23.2 Å². The van der Waals surface area contributed by atoms with E-state index in [-0.39, 0.29) is 16.1 Å². The average Bonchev–Trinajstić information content (AvgIpc) is 2.82. The molecule has 0 aliphatic heterocycles. The highest BCUT2D eigenvalue weighted by atomic mass is 32.2. The van der Waals surface area contributed by atoms with Crippen LogP contribution in [0.5, 0.6) is 0 Å². The lowest BCUT2D eigenvalue weighted by atomic mass is 10.1. The predicted octanol–water partition coefficient (Wildman–Crippen LogP) is 3.40. The summed E-state index contributed by atoms with van der Waals surface area (Å²) in [6, 6.07) is 4.66. The molecule has 10 heteroatoms. The molecule has 3 aromatic rings. The van der Waals surface area contributed by atoms with E-state index in [1.54, 1.807) is 14.0 Å². The van der Waals surface area contributed by atoms with E-state index in [1.807, 2.05) is 0 Å². The van der Waals surface area contributed by atoms with Crippen molar-refractivity contribution in [3.05, 3.63) is 47.3 Å². The molecule has 3 rings (SSSR count). The molecule has 0 unspecified atom stereocenters. The van der Waals surface area contributed by atoms with Gasteiger partial charge in [0, 0.05) is 24.3 Å². The van der Waals surface area contributed by atoms with Crippen LogP contribution >= 0.6 is 0 Å². The van der Waals surface area contributed by atoms with E-state index < -0.39 is 21.8 Å². The number of aryl methyl sites for hydroxylation is 3. The van der Waals surface area contributed by atoms with Crippen LogP contribution in [0.3, 0.4) is 0 Å². The summed E-state index contributed by atoms with van der Waals surface area (Å²) in [6.07, 6.45) is -3.43. The van der Waals surface area contributed by atoms with Crippen molar-refractivity contribution in [3.63, 3.8) is 0 Å². The van der Waals surface area contributed by atoms with Gasteiger partial charge in [-0.3, -0.25) is 9.40 Å². The number of aromatic nitrogens is 3. The molecule has 0 atom stereocenters. The number of rotatable bonds is 3. The van der Waals surface area contributed by atoms with Gasteiger partial charge in [0.1, 0.15) is 4.90 Å². The van der Waals surface area contributed by atoms with E-state index in [2.05, 4.69) is 14.8 Å². The van der Waals surface area contributed by atoms with Gasteiger partial charge in [-0.25, -0.2) is 13.4 Å². The van der Waals surface area contributed by atoms with Gasteiger partial charge in [-0.15, -0.1) is 0 Å². The van der Waals surface area contributed by atoms with Crippen molar-refractivity contribution in [2.45, 2.75) is 24.9 Å². The molecule has 0 aliphatic carbocycles. The average molecular weight is 384 g/mol. The van der Waals surface area contributed by atoms with Crippen molar-refractivity contribution in [2.24, 2.45) is 7.05 Å². The van der Waals surface area contributed by atoms with E-state index >= 15 is 0 Å². The number of hydrogen-bond donors (Lipinski definition) is 1. The monoisotopic (exact) mass is 384 g/mol. The van der Waals surface area contributed by atoms with Crippen molar-refractivity contribution >= 4 is 26.7 Å². The Morgan fingerprint density at radius 2 is 1.85 bits per heavy atom. The largest absolute Gasteiger partial charge is 0.416 e. The molecule has 0 saturated heterocycles. The van der Waals surface area contributed by atoms with E-state index in [9.17, 15) is 21.6 Å². The number of alkyl halides is 3. The summed E-state index contributed by atoms with van der Waals surface area (Å²) >= 11 is 0. The van der Waals surface area contributed by atoms with E-state index in [1.165, 1.54) is 29.8 Å². The number of halogens is 3. The minimum Gasteiger partial charge on any atom is -0.280 e. The lowest BCUT2D eigenvalue weighted by molar-refractivity contribution is -0.138. The first-order chi connectivity index (χ1) is 12.0. The summed E-state index contributed by atoms with van der Waals surface area (Å²) in [4.78, 5) is 3.92. The normalized spacial score (nSPS) is 12.5. The lowest BCUT2D eigenvalue weighted by Crippen LogP contribution is -2.15. The fourth-order valence-corrected chi connectivity index (χ4v) is 3.66. The van der Waals surface area contributed by atoms with Crippen molar-refractivity contribution < 1.29 is 21.6 Å². The molecule has 6 nitrogen and oxygen atoms in total. The maximum Gasteiger partial charge on any atom is 0.416 e. The Kier molecular flexibility index (Phi) is 4.18. The molecule has 138 valence electrons. The lowest BCUT2D eigenvalue weighted by Gasteiger charge is -2.13. The SMILES string of the molecule is Cc1ccc(NS(=O)(=O)c2cnc3c(c2)c(C)nn3C)cc1C(F)(F)F. The van der Waals surface area contributed by atoms with E-state index in [0.717, 1.165) is 12.3 Å². The number of hydrogen-bond acceptors (Lipinski definition) is 4. The third-order valence-electron chi connectivity index (χ3n) is 3.94. The maximum atomic E-state index is 13.0. The topological polar surface area (TPSA) is 76.9 Å². The first-order valence-electron chi connectivity index (χ1n) is 7.49. The zero-order chi connectivity index (χ0) is 19.3. The zero-order valence-corrected chi connectivity index (χ0v) is 14.9. The van der Waals surface area contributed by atoms with Gasteiger partial charge in [0.25, 0.3) is 10.0 Å². The van der Waals surface area contributed by atoms with Gasteiger partial charge in [0.05, 0.1) is 11.3 Å². The Balaban J connectivity index is 2.01. The Morgan fingerprint density at radius 3 is 2.50 bits per heavy atom. The molecule has 0 aliphatic rings. The Bertz CT molecular complexity index is 1100. The second-order valence-electron chi connectivity index (χ2n) is 5.88. The molecule has 1 aromatic carbocycles. The van der Waals surface area contributed by atoms with Crippen LogP contribution in [0.4, 0.5) is 18.9 Å². The van der Waals surface area contributed by atoms with Crippen LogP contribution in [0, 0.1) is 13.8 Å². The number of sulfonamides is 1. The van der Waals surface area contributed by atoms with E-state index in [0.29, 0.717) is 16.7 Å². The van der Waals surface area contributed by atoms with Crippen molar-refractivity contribution in [3.8, 4) is 0 Å². The van der Waals surface area contributed by atoms with Crippen LogP contribution in [-0.2, 0) is 23.2 Å². The van der Waals surface area contributed by atoms with Crippen LogP contribution < -0.4 is 4.72 Å². The third-order valence-corrected chi connectivity index (χ3v) is 5.29. The number of pyridine rings is 1. The van der Waals surface area contributed by atoms with Crippen molar-refractivity contribution in [1.29, 1.82) is 0 Å². The molecular formula is C16H15F3N4O2S. The summed E-state index contributed by atoms with van der Waals surface area (Å²) in [6.45, 7) is 3.02. The fraction of sp³-hybridized carbons (Fsp3) is 0.250. The van der Waals surface area contributed by atoms with Gasteiger partial charge in [0.2, 0.25) is 0 Å². The molecule has 1 N–H and O–H groups in total. The second kappa shape index (κ2) is 5.97.